The number of aromatic nitrogens is 4. The average Bonchev–Trinajstić information content (AvgIpc) is 3.26. The molecule has 0 radical (unpaired) electrons. The van der Waals surface area contributed by atoms with Crippen molar-refractivity contribution in [2.75, 3.05) is 13.1 Å². The van der Waals surface area contributed by atoms with Gasteiger partial charge < -0.3 is 9.47 Å². The Morgan fingerprint density at radius 3 is 2.96 bits per heavy atom. The van der Waals surface area contributed by atoms with E-state index in [0.29, 0.717) is 18.9 Å². The number of hydrogen-bond acceptors (Lipinski definition) is 3. The van der Waals surface area contributed by atoms with Crippen LogP contribution in [0.25, 0.3) is 0 Å². The number of imidazole rings is 1. The summed E-state index contributed by atoms with van der Waals surface area (Å²) >= 11 is 0. The van der Waals surface area contributed by atoms with Crippen LogP contribution in [0.5, 0.6) is 0 Å². The molecule has 1 fully saturated rings. The van der Waals surface area contributed by atoms with Crippen LogP contribution >= 0.6 is 0 Å². The van der Waals surface area contributed by atoms with Crippen LogP contribution in [0.15, 0.2) is 24.7 Å². The molecule has 1 aliphatic rings. The van der Waals surface area contributed by atoms with Gasteiger partial charge in [0.25, 0.3) is 0 Å². The number of nitrogens with zero attached hydrogens (tertiary/aromatic N) is 5. The zero-order valence-electron chi connectivity index (χ0n) is 15.4. The fraction of sp³-hybridized carbons (Fsp3) is 0.632. The molecule has 3 rings (SSSR count). The molecule has 0 saturated carbocycles. The number of hydrogen-bond donors (Lipinski definition) is 0. The van der Waals surface area contributed by atoms with E-state index >= 15 is 0 Å². The minimum Gasteiger partial charge on any atom is -0.342 e. The largest absolute Gasteiger partial charge is 0.342 e. The van der Waals surface area contributed by atoms with Crippen molar-refractivity contribution in [3.8, 4) is 0 Å². The maximum atomic E-state index is 12.6. The predicted molar refractivity (Wildman–Crippen MR) is 97.3 cm³/mol. The molecule has 6 heteroatoms. The fourth-order valence-electron chi connectivity index (χ4n) is 3.61. The lowest BCUT2D eigenvalue weighted by molar-refractivity contribution is -0.132. The van der Waals surface area contributed by atoms with Crippen LogP contribution in [0, 0.1) is 6.92 Å². The molecule has 0 aliphatic carbocycles. The highest BCUT2D eigenvalue weighted by atomic mass is 16.2. The molecule has 6 nitrogen and oxygen atoms in total. The number of carbonyl (C=O) groups is 1. The van der Waals surface area contributed by atoms with Crippen molar-refractivity contribution in [1.29, 1.82) is 0 Å². The van der Waals surface area contributed by atoms with E-state index in [0.717, 1.165) is 44.0 Å². The fourth-order valence-corrected chi connectivity index (χ4v) is 3.61. The van der Waals surface area contributed by atoms with E-state index in [2.05, 4.69) is 27.8 Å². The number of aryl methyl sites for hydroxylation is 3. The van der Waals surface area contributed by atoms with Crippen molar-refractivity contribution in [3.63, 3.8) is 0 Å². The summed E-state index contributed by atoms with van der Waals surface area (Å²) in [6.07, 6.45) is 10.8. The standard InChI is InChI=1S/C19H29N5O/c1-3-4-11-22-14-10-20-19(22)17-6-5-12-23(15-17)18(25)8-13-24-16(2)7-9-21-24/h7,9-10,14,17H,3-6,8,11-13,15H2,1-2H3. The lowest BCUT2D eigenvalue weighted by Crippen LogP contribution is -2.40. The van der Waals surface area contributed by atoms with Gasteiger partial charge in [-0.2, -0.15) is 5.10 Å². The number of amides is 1. The quantitative estimate of drug-likeness (QED) is 0.776. The summed E-state index contributed by atoms with van der Waals surface area (Å²) in [7, 11) is 0. The molecule has 1 aliphatic heterocycles. The second-order valence-electron chi connectivity index (χ2n) is 6.96. The van der Waals surface area contributed by atoms with Crippen LogP contribution < -0.4 is 0 Å². The van der Waals surface area contributed by atoms with Crippen molar-refractivity contribution >= 4 is 5.91 Å². The Labute approximate surface area is 149 Å². The van der Waals surface area contributed by atoms with Crippen LogP contribution in [0.2, 0.25) is 0 Å². The van der Waals surface area contributed by atoms with Crippen molar-refractivity contribution < 1.29 is 4.79 Å². The summed E-state index contributed by atoms with van der Waals surface area (Å²) < 4.78 is 4.17. The Morgan fingerprint density at radius 2 is 2.20 bits per heavy atom. The third-order valence-corrected chi connectivity index (χ3v) is 5.11. The molecule has 2 aromatic rings. The third-order valence-electron chi connectivity index (χ3n) is 5.11. The van der Waals surface area contributed by atoms with Gasteiger partial charge in [-0.25, -0.2) is 4.98 Å². The van der Waals surface area contributed by atoms with Crippen molar-refractivity contribution in [1.82, 2.24) is 24.2 Å². The van der Waals surface area contributed by atoms with Gasteiger partial charge in [-0.1, -0.05) is 13.3 Å². The molecule has 0 spiro atoms. The number of unbranched alkanes of at least 4 members (excludes halogenated alkanes) is 1. The second-order valence-corrected chi connectivity index (χ2v) is 6.96. The summed E-state index contributed by atoms with van der Waals surface area (Å²) in [4.78, 5) is 19.2. The molecular formula is C19H29N5O. The van der Waals surface area contributed by atoms with Gasteiger partial charge in [0, 0.05) is 62.8 Å². The van der Waals surface area contributed by atoms with Gasteiger partial charge in [0.15, 0.2) is 0 Å². The average molecular weight is 343 g/mol. The van der Waals surface area contributed by atoms with E-state index in [9.17, 15) is 4.79 Å². The first-order valence-corrected chi connectivity index (χ1v) is 9.46. The molecule has 0 N–H and O–H groups in total. The second kappa shape index (κ2) is 8.32. The Morgan fingerprint density at radius 1 is 1.32 bits per heavy atom. The normalized spacial score (nSPS) is 17.8. The van der Waals surface area contributed by atoms with E-state index < -0.39 is 0 Å². The first-order valence-electron chi connectivity index (χ1n) is 9.46. The van der Waals surface area contributed by atoms with Crippen LogP contribution in [-0.2, 0) is 17.9 Å². The molecule has 1 unspecified atom stereocenters. The van der Waals surface area contributed by atoms with Gasteiger partial charge in [0.1, 0.15) is 5.82 Å². The van der Waals surface area contributed by atoms with Gasteiger partial charge in [-0.15, -0.1) is 0 Å². The van der Waals surface area contributed by atoms with Gasteiger partial charge in [0.2, 0.25) is 5.91 Å². The Balaban J connectivity index is 1.58. The monoisotopic (exact) mass is 343 g/mol. The number of piperidine rings is 1. The molecule has 136 valence electrons. The Bertz CT molecular complexity index is 690. The molecule has 0 bridgehead atoms. The maximum Gasteiger partial charge on any atom is 0.224 e. The van der Waals surface area contributed by atoms with E-state index in [1.807, 2.05) is 28.8 Å². The summed E-state index contributed by atoms with van der Waals surface area (Å²) in [6.45, 7) is 7.56. The van der Waals surface area contributed by atoms with E-state index in [1.165, 1.54) is 12.8 Å². The molecule has 25 heavy (non-hydrogen) atoms. The molecular weight excluding hydrogens is 314 g/mol. The van der Waals surface area contributed by atoms with E-state index in [1.54, 1.807) is 6.20 Å². The summed E-state index contributed by atoms with van der Waals surface area (Å²) in [5.41, 5.74) is 1.10. The van der Waals surface area contributed by atoms with Crippen LogP contribution in [0.4, 0.5) is 0 Å². The molecule has 2 aromatic heterocycles. The lowest BCUT2D eigenvalue weighted by Gasteiger charge is -2.33. The first-order chi connectivity index (χ1) is 12.2. The van der Waals surface area contributed by atoms with Gasteiger partial charge in [-0.05, 0) is 32.3 Å². The van der Waals surface area contributed by atoms with Crippen LogP contribution in [-0.4, -0.2) is 43.2 Å². The zero-order chi connectivity index (χ0) is 17.6. The van der Waals surface area contributed by atoms with E-state index in [4.69, 9.17) is 0 Å². The SMILES string of the molecule is CCCCn1ccnc1C1CCCN(C(=O)CCn2nccc2C)C1. The molecule has 1 atom stereocenters. The van der Waals surface area contributed by atoms with E-state index in [-0.39, 0.29) is 5.91 Å². The van der Waals surface area contributed by atoms with Crippen LogP contribution in [0.3, 0.4) is 0 Å². The molecule has 1 saturated heterocycles. The minimum absolute atomic E-state index is 0.228. The number of likely N-dealkylation sites (tertiary alicyclic amines) is 1. The topological polar surface area (TPSA) is 56.0 Å². The maximum absolute atomic E-state index is 12.6. The van der Waals surface area contributed by atoms with Crippen molar-refractivity contribution in [2.45, 2.75) is 65.0 Å². The third kappa shape index (κ3) is 4.30. The molecule has 3 heterocycles. The van der Waals surface area contributed by atoms with Gasteiger partial charge >= 0.3 is 0 Å². The minimum atomic E-state index is 0.228. The van der Waals surface area contributed by atoms with Crippen LogP contribution in [0.1, 0.15) is 56.5 Å². The van der Waals surface area contributed by atoms with Gasteiger partial charge in [-0.3, -0.25) is 9.48 Å². The highest BCUT2D eigenvalue weighted by Crippen LogP contribution is 2.26. The summed E-state index contributed by atoms with van der Waals surface area (Å²) in [5, 5.41) is 4.26. The smallest absolute Gasteiger partial charge is 0.224 e. The highest BCUT2D eigenvalue weighted by molar-refractivity contribution is 5.76. The van der Waals surface area contributed by atoms with Crippen molar-refractivity contribution in [3.05, 3.63) is 36.2 Å². The first kappa shape index (κ1) is 17.7. The zero-order valence-corrected chi connectivity index (χ0v) is 15.4. The molecule has 0 aromatic carbocycles. The number of rotatable bonds is 7. The summed E-state index contributed by atoms with van der Waals surface area (Å²) in [5.74, 6) is 1.73. The predicted octanol–water partition coefficient (Wildman–Crippen LogP) is 2.98. The summed E-state index contributed by atoms with van der Waals surface area (Å²) in [6, 6.07) is 1.97. The Hall–Kier alpha value is -2.11. The Kier molecular flexibility index (Phi) is 5.89. The highest BCUT2D eigenvalue weighted by Gasteiger charge is 2.27. The number of carbonyl (C=O) groups excluding carboxylic acids is 1. The van der Waals surface area contributed by atoms with Crippen molar-refractivity contribution in [2.24, 2.45) is 0 Å². The molecule has 1 amide bonds. The van der Waals surface area contributed by atoms with Gasteiger partial charge in [0.05, 0.1) is 0 Å². The lowest BCUT2D eigenvalue weighted by atomic mass is 9.96.